The minimum Gasteiger partial charge on any atom is -0.496 e. The molecule has 6 nitrogen and oxygen atoms in total. The van der Waals surface area contributed by atoms with Crippen LogP contribution in [0.2, 0.25) is 0 Å². The highest BCUT2D eigenvalue weighted by Crippen LogP contribution is 2.23. The van der Waals surface area contributed by atoms with Crippen LogP contribution < -0.4 is 4.74 Å². The van der Waals surface area contributed by atoms with Crippen LogP contribution in [0.25, 0.3) is 0 Å². The van der Waals surface area contributed by atoms with Gasteiger partial charge < -0.3 is 9.64 Å². The van der Waals surface area contributed by atoms with Crippen molar-refractivity contribution in [1.29, 1.82) is 0 Å². The van der Waals surface area contributed by atoms with Crippen molar-refractivity contribution >= 4 is 15.7 Å². The molecule has 2 saturated heterocycles. The first-order chi connectivity index (χ1) is 13.0. The van der Waals surface area contributed by atoms with Gasteiger partial charge >= 0.3 is 0 Å². The van der Waals surface area contributed by atoms with Gasteiger partial charge in [0.15, 0.2) is 9.84 Å². The standard InChI is InChI=1S/C20H30N2O4S/c1-26-19-5-3-2-4-18(19)8-10-21-11-13-22(14-12-21)20(23)7-6-17-9-15-27(24,25)16-17/h2-5,17H,6-16H2,1H3. The van der Waals surface area contributed by atoms with Gasteiger partial charge in [0.2, 0.25) is 5.91 Å². The van der Waals surface area contributed by atoms with Crippen molar-refractivity contribution in [3.8, 4) is 5.75 Å². The van der Waals surface area contributed by atoms with Gasteiger partial charge in [-0.3, -0.25) is 9.69 Å². The van der Waals surface area contributed by atoms with Gasteiger partial charge in [0, 0.05) is 39.1 Å². The molecule has 3 rings (SSSR count). The maximum absolute atomic E-state index is 12.4. The van der Waals surface area contributed by atoms with E-state index in [-0.39, 0.29) is 23.3 Å². The molecule has 0 radical (unpaired) electrons. The van der Waals surface area contributed by atoms with Crippen molar-refractivity contribution in [3.63, 3.8) is 0 Å². The molecule has 1 unspecified atom stereocenters. The number of sulfone groups is 1. The van der Waals surface area contributed by atoms with Crippen LogP contribution in [0, 0.1) is 5.92 Å². The molecule has 1 amide bonds. The molecule has 0 spiro atoms. The van der Waals surface area contributed by atoms with Gasteiger partial charge in [-0.2, -0.15) is 0 Å². The fourth-order valence-corrected chi connectivity index (χ4v) is 5.91. The number of nitrogens with zero attached hydrogens (tertiary/aromatic N) is 2. The summed E-state index contributed by atoms with van der Waals surface area (Å²) in [6.07, 6.45) is 2.83. The van der Waals surface area contributed by atoms with E-state index in [1.807, 2.05) is 23.1 Å². The largest absolute Gasteiger partial charge is 0.496 e. The zero-order valence-corrected chi connectivity index (χ0v) is 16.9. The highest BCUT2D eigenvalue weighted by atomic mass is 32.2. The summed E-state index contributed by atoms with van der Waals surface area (Å²) in [5.41, 5.74) is 1.21. The third kappa shape index (κ3) is 5.69. The molecule has 2 aliphatic heterocycles. The Morgan fingerprint density at radius 3 is 2.59 bits per heavy atom. The zero-order valence-electron chi connectivity index (χ0n) is 16.1. The highest BCUT2D eigenvalue weighted by Gasteiger charge is 2.29. The molecule has 1 aromatic rings. The van der Waals surface area contributed by atoms with Crippen molar-refractivity contribution in [2.45, 2.75) is 25.7 Å². The van der Waals surface area contributed by atoms with Crippen molar-refractivity contribution in [3.05, 3.63) is 29.8 Å². The highest BCUT2D eigenvalue weighted by molar-refractivity contribution is 7.91. The SMILES string of the molecule is COc1ccccc1CCN1CCN(C(=O)CCC2CCS(=O)(=O)C2)CC1. The number of para-hydroxylation sites is 1. The first-order valence-corrected chi connectivity index (χ1v) is 11.6. The lowest BCUT2D eigenvalue weighted by atomic mass is 10.0. The molecular formula is C20H30N2O4S. The molecule has 0 bridgehead atoms. The first-order valence-electron chi connectivity index (χ1n) is 9.79. The minimum atomic E-state index is -2.85. The van der Waals surface area contributed by atoms with E-state index in [2.05, 4.69) is 11.0 Å². The summed E-state index contributed by atoms with van der Waals surface area (Å²) >= 11 is 0. The predicted octanol–water partition coefficient (Wildman–Crippen LogP) is 1.60. The molecule has 7 heteroatoms. The summed E-state index contributed by atoms with van der Waals surface area (Å²) in [6.45, 7) is 4.25. The van der Waals surface area contributed by atoms with Gasteiger partial charge in [-0.25, -0.2) is 8.42 Å². The number of hydrogen-bond acceptors (Lipinski definition) is 5. The second-order valence-corrected chi connectivity index (χ2v) is 9.82. The summed E-state index contributed by atoms with van der Waals surface area (Å²) in [6, 6.07) is 8.10. The molecule has 0 aromatic heterocycles. The molecule has 1 aromatic carbocycles. The number of methoxy groups -OCH3 is 1. The molecule has 27 heavy (non-hydrogen) atoms. The smallest absolute Gasteiger partial charge is 0.222 e. The lowest BCUT2D eigenvalue weighted by molar-refractivity contribution is -0.133. The number of benzene rings is 1. The molecule has 2 fully saturated rings. The summed E-state index contributed by atoms with van der Waals surface area (Å²) < 4.78 is 28.4. The molecule has 1 atom stereocenters. The van der Waals surface area contributed by atoms with E-state index in [9.17, 15) is 13.2 Å². The second kappa shape index (κ2) is 9.06. The molecule has 0 saturated carbocycles. The van der Waals surface area contributed by atoms with Crippen molar-refractivity contribution in [2.24, 2.45) is 5.92 Å². The number of hydrogen-bond donors (Lipinski definition) is 0. The maximum atomic E-state index is 12.4. The third-order valence-corrected chi connectivity index (χ3v) is 7.55. The second-order valence-electron chi connectivity index (χ2n) is 7.59. The van der Waals surface area contributed by atoms with Gasteiger partial charge in [-0.05, 0) is 36.8 Å². The average molecular weight is 395 g/mol. The summed E-state index contributed by atoms with van der Waals surface area (Å²) in [5, 5.41) is 0. The number of carbonyl (C=O) groups is 1. The lowest BCUT2D eigenvalue weighted by Gasteiger charge is -2.35. The minimum absolute atomic E-state index is 0.168. The Labute approximate surface area is 162 Å². The normalized spacial score (nSPS) is 22.7. The molecule has 2 heterocycles. The summed E-state index contributed by atoms with van der Waals surface area (Å²) in [5.74, 6) is 1.82. The molecule has 0 N–H and O–H groups in total. The van der Waals surface area contributed by atoms with Gasteiger partial charge in [-0.1, -0.05) is 18.2 Å². The van der Waals surface area contributed by atoms with Crippen molar-refractivity contribution < 1.29 is 17.9 Å². The van der Waals surface area contributed by atoms with Crippen LogP contribution >= 0.6 is 0 Å². The molecular weight excluding hydrogens is 364 g/mol. The monoisotopic (exact) mass is 394 g/mol. The van der Waals surface area contributed by atoms with Crippen LogP contribution in [0.4, 0.5) is 0 Å². The Bertz CT molecular complexity index is 742. The molecule has 150 valence electrons. The van der Waals surface area contributed by atoms with E-state index in [1.54, 1.807) is 7.11 Å². The van der Waals surface area contributed by atoms with Gasteiger partial charge in [0.05, 0.1) is 18.6 Å². The third-order valence-electron chi connectivity index (χ3n) is 5.71. The number of ether oxygens (including phenoxy) is 1. The maximum Gasteiger partial charge on any atom is 0.222 e. The van der Waals surface area contributed by atoms with E-state index in [0.717, 1.165) is 44.9 Å². The van der Waals surface area contributed by atoms with Crippen LogP contribution in [0.1, 0.15) is 24.8 Å². The van der Waals surface area contributed by atoms with Crippen LogP contribution in [0.5, 0.6) is 5.75 Å². The Kier molecular flexibility index (Phi) is 6.76. The average Bonchev–Trinajstić information content (AvgIpc) is 3.04. The first kappa shape index (κ1) is 20.1. The van der Waals surface area contributed by atoms with Gasteiger partial charge in [-0.15, -0.1) is 0 Å². The lowest BCUT2D eigenvalue weighted by Crippen LogP contribution is -2.49. The number of piperazine rings is 1. The van der Waals surface area contributed by atoms with E-state index < -0.39 is 9.84 Å². The van der Waals surface area contributed by atoms with Crippen LogP contribution in [-0.2, 0) is 21.1 Å². The van der Waals surface area contributed by atoms with E-state index in [1.165, 1.54) is 5.56 Å². The molecule has 0 aliphatic carbocycles. The van der Waals surface area contributed by atoms with E-state index in [0.29, 0.717) is 19.3 Å². The number of rotatable bonds is 7. The number of amides is 1. The quantitative estimate of drug-likeness (QED) is 0.703. The molecule has 2 aliphatic rings. The Morgan fingerprint density at radius 2 is 1.93 bits per heavy atom. The fraction of sp³-hybridized carbons (Fsp3) is 0.650. The Balaban J connectivity index is 1.37. The zero-order chi connectivity index (χ0) is 19.3. The van der Waals surface area contributed by atoms with Crippen LogP contribution in [-0.4, -0.2) is 75.5 Å². The summed E-state index contributed by atoms with van der Waals surface area (Å²) in [4.78, 5) is 16.7. The Morgan fingerprint density at radius 1 is 1.19 bits per heavy atom. The van der Waals surface area contributed by atoms with Gasteiger partial charge in [0.1, 0.15) is 5.75 Å². The number of carbonyl (C=O) groups excluding carboxylic acids is 1. The van der Waals surface area contributed by atoms with Gasteiger partial charge in [0.25, 0.3) is 0 Å². The fourth-order valence-electron chi connectivity index (χ4n) is 3.99. The van der Waals surface area contributed by atoms with Crippen LogP contribution in [0.3, 0.4) is 0 Å². The topological polar surface area (TPSA) is 66.9 Å². The van der Waals surface area contributed by atoms with Crippen molar-refractivity contribution in [1.82, 2.24) is 9.80 Å². The van der Waals surface area contributed by atoms with E-state index >= 15 is 0 Å². The van der Waals surface area contributed by atoms with Crippen LogP contribution in [0.15, 0.2) is 24.3 Å². The predicted molar refractivity (Wildman–Crippen MR) is 106 cm³/mol. The van der Waals surface area contributed by atoms with Crippen molar-refractivity contribution in [2.75, 3.05) is 51.3 Å². The Hall–Kier alpha value is -1.60. The summed E-state index contributed by atoms with van der Waals surface area (Å²) in [7, 11) is -1.15. The van der Waals surface area contributed by atoms with E-state index in [4.69, 9.17) is 4.74 Å².